The molecule has 0 radical (unpaired) electrons. The van der Waals surface area contributed by atoms with Crippen molar-refractivity contribution in [3.63, 3.8) is 0 Å². The number of phenols is 1. The highest BCUT2D eigenvalue weighted by Gasteiger charge is 2.12. The van der Waals surface area contributed by atoms with Gasteiger partial charge in [-0.15, -0.1) is 10.2 Å². The van der Waals surface area contributed by atoms with E-state index < -0.39 is 0 Å². The molecule has 0 bridgehead atoms. The molecule has 94 valence electrons. The number of H-pyrrole nitrogens is 1. The Morgan fingerprint density at radius 2 is 2.16 bits per heavy atom. The molecule has 0 saturated heterocycles. The first-order chi connectivity index (χ1) is 9.28. The second-order valence-electron chi connectivity index (χ2n) is 3.79. The Morgan fingerprint density at radius 1 is 1.26 bits per heavy atom. The maximum absolute atomic E-state index is 10.6. The molecule has 0 amide bonds. The van der Waals surface area contributed by atoms with E-state index in [0.717, 1.165) is 0 Å². The van der Waals surface area contributed by atoms with Crippen LogP contribution in [0.4, 0.5) is 0 Å². The number of carbonyl (C=O) groups is 1. The van der Waals surface area contributed by atoms with E-state index in [0.29, 0.717) is 29.0 Å². The quantitative estimate of drug-likeness (QED) is 0.690. The highest BCUT2D eigenvalue weighted by Crippen LogP contribution is 2.33. The molecule has 7 heteroatoms. The number of benzene rings is 1. The first-order valence-electron chi connectivity index (χ1n) is 5.40. The van der Waals surface area contributed by atoms with Gasteiger partial charge in [-0.3, -0.25) is 4.79 Å². The van der Waals surface area contributed by atoms with Gasteiger partial charge in [0.1, 0.15) is 11.5 Å². The summed E-state index contributed by atoms with van der Waals surface area (Å²) in [6.45, 7) is 0. The minimum atomic E-state index is 0.0408. The second kappa shape index (κ2) is 4.37. The molecular formula is C12H8N4O3. The van der Waals surface area contributed by atoms with Gasteiger partial charge in [0.2, 0.25) is 5.82 Å². The maximum Gasteiger partial charge on any atom is 0.204 e. The fraction of sp³-hybridized carbons (Fsp3) is 0. The Morgan fingerprint density at radius 3 is 2.84 bits per heavy atom. The Labute approximate surface area is 106 Å². The fourth-order valence-corrected chi connectivity index (χ4v) is 1.72. The van der Waals surface area contributed by atoms with Gasteiger partial charge < -0.3 is 9.52 Å². The summed E-state index contributed by atoms with van der Waals surface area (Å²) in [6, 6.07) is 7.96. The number of aromatic amines is 1. The van der Waals surface area contributed by atoms with Crippen molar-refractivity contribution < 1.29 is 14.3 Å². The van der Waals surface area contributed by atoms with E-state index in [4.69, 9.17) is 4.42 Å². The summed E-state index contributed by atoms with van der Waals surface area (Å²) in [6.07, 6.45) is 0.601. The van der Waals surface area contributed by atoms with Crippen molar-refractivity contribution in [3.05, 3.63) is 36.1 Å². The lowest BCUT2D eigenvalue weighted by Gasteiger charge is -2.03. The Balaban J connectivity index is 2.10. The summed E-state index contributed by atoms with van der Waals surface area (Å²) in [5.74, 6) is 1.03. The van der Waals surface area contributed by atoms with Crippen molar-refractivity contribution in [2.45, 2.75) is 0 Å². The van der Waals surface area contributed by atoms with E-state index in [1.165, 1.54) is 12.1 Å². The molecule has 0 aliphatic carbocycles. The van der Waals surface area contributed by atoms with Crippen LogP contribution in [0.2, 0.25) is 0 Å². The first-order valence-corrected chi connectivity index (χ1v) is 5.40. The van der Waals surface area contributed by atoms with Crippen LogP contribution in [0.5, 0.6) is 5.75 Å². The minimum absolute atomic E-state index is 0.0408. The Bertz CT molecular complexity index is 718. The van der Waals surface area contributed by atoms with Gasteiger partial charge in [-0.1, -0.05) is 0 Å². The van der Waals surface area contributed by atoms with Crippen molar-refractivity contribution in [2.24, 2.45) is 0 Å². The largest absolute Gasteiger partial charge is 0.507 e. The van der Waals surface area contributed by atoms with Crippen LogP contribution in [-0.2, 0) is 0 Å². The lowest BCUT2D eigenvalue weighted by Crippen LogP contribution is -1.84. The van der Waals surface area contributed by atoms with Gasteiger partial charge in [0.05, 0.1) is 5.56 Å². The number of aromatic nitrogens is 4. The number of carbonyl (C=O) groups excluding carboxylic acids is 1. The third-order valence-corrected chi connectivity index (χ3v) is 2.61. The first kappa shape index (κ1) is 11.1. The van der Waals surface area contributed by atoms with Crippen LogP contribution in [0.3, 0.4) is 0 Å². The summed E-state index contributed by atoms with van der Waals surface area (Å²) < 4.78 is 5.28. The normalized spacial score (nSPS) is 10.5. The Hall–Kier alpha value is -2.96. The lowest BCUT2D eigenvalue weighted by atomic mass is 10.1. The van der Waals surface area contributed by atoms with Crippen LogP contribution in [-0.4, -0.2) is 32.0 Å². The summed E-state index contributed by atoms with van der Waals surface area (Å²) in [7, 11) is 0. The smallest absolute Gasteiger partial charge is 0.204 e. The zero-order valence-corrected chi connectivity index (χ0v) is 9.57. The summed E-state index contributed by atoms with van der Waals surface area (Å²) in [5.41, 5.74) is 1.13. The Kier molecular flexibility index (Phi) is 2.57. The molecule has 0 aliphatic rings. The molecule has 0 saturated carbocycles. The minimum Gasteiger partial charge on any atom is -0.507 e. The third-order valence-electron chi connectivity index (χ3n) is 2.61. The van der Waals surface area contributed by atoms with Crippen molar-refractivity contribution in [1.29, 1.82) is 0 Å². The number of hydrogen-bond donors (Lipinski definition) is 2. The van der Waals surface area contributed by atoms with Crippen molar-refractivity contribution in [2.75, 3.05) is 0 Å². The molecule has 1 aromatic carbocycles. The lowest BCUT2D eigenvalue weighted by molar-refractivity contribution is 0.110. The van der Waals surface area contributed by atoms with E-state index in [1.54, 1.807) is 18.2 Å². The topological polar surface area (TPSA) is 105 Å². The number of nitrogens with zero attached hydrogens (tertiary/aromatic N) is 3. The van der Waals surface area contributed by atoms with Crippen LogP contribution in [0.15, 0.2) is 34.7 Å². The summed E-state index contributed by atoms with van der Waals surface area (Å²) >= 11 is 0. The van der Waals surface area contributed by atoms with Gasteiger partial charge in [0.25, 0.3) is 0 Å². The molecule has 0 fully saturated rings. The second-order valence-corrected chi connectivity index (χ2v) is 3.79. The average molecular weight is 256 g/mol. The van der Waals surface area contributed by atoms with Gasteiger partial charge in [-0.25, -0.2) is 0 Å². The molecule has 2 N–H and O–H groups in total. The van der Waals surface area contributed by atoms with Crippen molar-refractivity contribution in [1.82, 2.24) is 20.6 Å². The zero-order valence-electron chi connectivity index (χ0n) is 9.57. The van der Waals surface area contributed by atoms with Gasteiger partial charge >= 0.3 is 0 Å². The predicted molar refractivity (Wildman–Crippen MR) is 64.4 cm³/mol. The fourth-order valence-electron chi connectivity index (χ4n) is 1.72. The van der Waals surface area contributed by atoms with E-state index in [1.807, 2.05) is 0 Å². The van der Waals surface area contributed by atoms with Crippen molar-refractivity contribution >= 4 is 6.29 Å². The van der Waals surface area contributed by atoms with E-state index in [9.17, 15) is 9.90 Å². The van der Waals surface area contributed by atoms with E-state index >= 15 is 0 Å². The third kappa shape index (κ3) is 1.97. The van der Waals surface area contributed by atoms with Gasteiger partial charge in [0.15, 0.2) is 12.0 Å². The molecule has 7 nitrogen and oxygen atoms in total. The van der Waals surface area contributed by atoms with Crippen molar-refractivity contribution in [3.8, 4) is 28.5 Å². The molecule has 3 rings (SSSR count). The van der Waals surface area contributed by atoms with Crippen LogP contribution in [0.25, 0.3) is 22.7 Å². The molecule has 0 unspecified atom stereocenters. The van der Waals surface area contributed by atoms with E-state index in [-0.39, 0.29) is 11.5 Å². The number of hydrogen-bond acceptors (Lipinski definition) is 6. The highest BCUT2D eigenvalue weighted by atomic mass is 16.3. The predicted octanol–water partition coefficient (Wildman–Crippen LogP) is 1.64. The van der Waals surface area contributed by atoms with Crippen LogP contribution < -0.4 is 0 Å². The highest BCUT2D eigenvalue weighted by molar-refractivity contribution is 5.76. The molecule has 0 spiro atoms. The van der Waals surface area contributed by atoms with Crippen LogP contribution in [0.1, 0.15) is 10.6 Å². The summed E-state index contributed by atoms with van der Waals surface area (Å²) in [4.78, 5) is 10.6. The number of phenolic OH excluding ortho intramolecular Hbond substituents is 1. The molecule has 0 atom stereocenters. The molecule has 19 heavy (non-hydrogen) atoms. The maximum atomic E-state index is 10.6. The molecule has 2 heterocycles. The molecule has 0 aliphatic heterocycles. The van der Waals surface area contributed by atoms with Gasteiger partial charge in [0, 0.05) is 5.56 Å². The number of furan rings is 1. The van der Waals surface area contributed by atoms with Gasteiger partial charge in [-0.05, 0) is 35.5 Å². The zero-order chi connectivity index (χ0) is 13.2. The standard InChI is InChI=1S/C12H8N4O3/c17-6-8-2-4-11(19-8)9-5-7(1-3-10(9)18)12-13-15-16-14-12/h1-6,18H,(H,13,14,15,16). The van der Waals surface area contributed by atoms with Crippen LogP contribution in [0, 0.1) is 0 Å². The summed E-state index contributed by atoms with van der Waals surface area (Å²) in [5, 5.41) is 23.4. The number of tetrazole rings is 1. The van der Waals surface area contributed by atoms with Crippen LogP contribution >= 0.6 is 0 Å². The number of nitrogens with one attached hydrogen (secondary N) is 1. The number of aldehydes is 1. The molecule has 2 aromatic heterocycles. The van der Waals surface area contributed by atoms with E-state index in [2.05, 4.69) is 20.6 Å². The SMILES string of the molecule is O=Cc1ccc(-c2cc(-c3nn[nH]n3)ccc2O)o1. The number of aromatic hydroxyl groups is 1. The average Bonchev–Trinajstić information content (AvgIpc) is 3.10. The van der Waals surface area contributed by atoms with Gasteiger partial charge in [-0.2, -0.15) is 5.21 Å². The number of rotatable bonds is 3. The molecule has 3 aromatic rings. The molecular weight excluding hydrogens is 248 g/mol. The monoisotopic (exact) mass is 256 g/mol.